The van der Waals surface area contributed by atoms with Gasteiger partial charge in [0, 0.05) is 0 Å². The molecule has 0 aliphatic carbocycles. The van der Waals surface area contributed by atoms with Gasteiger partial charge in [0.25, 0.3) is 0 Å². The Labute approximate surface area is 53.1 Å². The lowest BCUT2D eigenvalue weighted by molar-refractivity contribution is 0.563. The average molecular weight is 135 g/mol. The van der Waals surface area contributed by atoms with E-state index in [-0.39, 0.29) is 5.15 Å². The topological polar surface area (TPSA) is 25.8 Å². The lowest BCUT2D eigenvalue weighted by atomic mass is 10.6. The van der Waals surface area contributed by atoms with Crippen LogP contribution in [0.2, 0.25) is 5.15 Å². The van der Waals surface area contributed by atoms with Gasteiger partial charge in [-0.3, -0.25) is 0 Å². The minimum Gasteiger partial charge on any atom is -0.183 e. The Morgan fingerprint density at radius 2 is 2.38 bits per heavy atom. The third-order valence-corrected chi connectivity index (χ3v) is 0.664. The van der Waals surface area contributed by atoms with Crippen LogP contribution in [0.1, 0.15) is 2.74 Å². The van der Waals surface area contributed by atoms with Gasteiger partial charge in [-0.15, -0.1) is 10.2 Å². The van der Waals surface area contributed by atoms with Gasteiger partial charge in [-0.25, -0.2) is 0 Å². The van der Waals surface area contributed by atoms with Gasteiger partial charge in [0.05, 0.1) is 2.74 Å². The van der Waals surface area contributed by atoms with E-state index in [1.165, 1.54) is 0 Å². The molecule has 0 unspecified atom stereocenters. The van der Waals surface area contributed by atoms with E-state index >= 15 is 0 Å². The van der Waals surface area contributed by atoms with Crippen molar-refractivity contribution >= 4 is 11.6 Å². The minimum absolute atomic E-state index is 0.258. The van der Waals surface area contributed by atoms with Crippen LogP contribution >= 0.6 is 11.6 Å². The highest BCUT2D eigenvalue weighted by Crippen LogP contribution is 1.99. The van der Waals surface area contributed by atoms with Crippen molar-refractivity contribution in [2.45, 2.75) is 0 Å². The molecule has 0 atom stereocenters. The van der Waals surface area contributed by atoms with Gasteiger partial charge in [0.15, 0.2) is 5.15 Å². The molecule has 0 aliphatic rings. The Bertz CT molecular complexity index is 241. The highest BCUT2D eigenvalue weighted by molar-refractivity contribution is 6.29. The van der Waals surface area contributed by atoms with E-state index in [1.54, 1.807) is 0 Å². The molecule has 0 bridgehead atoms. The normalized spacial score (nSPS) is 12.8. The van der Waals surface area contributed by atoms with Crippen LogP contribution in [0.15, 0.2) is 12.1 Å². The Morgan fingerprint density at radius 1 is 1.62 bits per heavy atom. The van der Waals surface area contributed by atoms with Crippen LogP contribution in [0.25, 0.3) is 0 Å². The van der Waals surface area contributed by atoms with Gasteiger partial charge in [0.2, 0.25) is 5.95 Å². The molecule has 42 valence electrons. The third kappa shape index (κ3) is 1.13. The summed E-state index contributed by atoms with van der Waals surface area (Å²) in [4.78, 5) is 0. The lowest BCUT2D eigenvalue weighted by Crippen LogP contribution is -1.84. The summed E-state index contributed by atoms with van der Waals surface area (Å²) in [6.07, 6.45) is 0. The van der Waals surface area contributed by atoms with Crippen LogP contribution in [0.3, 0.4) is 0 Å². The summed E-state index contributed by atoms with van der Waals surface area (Å²) in [5.41, 5.74) is 0. The smallest absolute Gasteiger partial charge is 0.183 e. The molecule has 0 saturated heterocycles. The highest BCUT2D eigenvalue weighted by atomic mass is 35.5. The van der Waals surface area contributed by atoms with Gasteiger partial charge in [-0.2, -0.15) is 4.39 Å². The van der Waals surface area contributed by atoms with Gasteiger partial charge in [0.1, 0.15) is 0 Å². The van der Waals surface area contributed by atoms with Crippen molar-refractivity contribution in [2.24, 2.45) is 0 Å². The maximum absolute atomic E-state index is 12.2. The standard InChI is InChI=1S/C4H2ClFN2/c5-3-1-2-4(6)8-7-3/h1-2H/i1D,2D. The van der Waals surface area contributed by atoms with Crippen molar-refractivity contribution in [3.8, 4) is 0 Å². The van der Waals surface area contributed by atoms with Gasteiger partial charge >= 0.3 is 0 Å². The molecule has 0 amide bonds. The zero-order valence-corrected chi connectivity index (χ0v) is 4.41. The fourth-order valence-electron chi connectivity index (χ4n) is 0.241. The summed E-state index contributed by atoms with van der Waals surface area (Å²) >= 11 is 5.24. The summed E-state index contributed by atoms with van der Waals surface area (Å²) in [6.45, 7) is 0. The highest BCUT2D eigenvalue weighted by Gasteiger charge is 1.88. The fourth-order valence-corrected chi connectivity index (χ4v) is 0.326. The Kier molecular flexibility index (Phi) is 0.857. The largest absolute Gasteiger partial charge is 0.233 e. The quantitative estimate of drug-likeness (QED) is 0.534. The molecule has 1 aromatic rings. The molecule has 4 heteroatoms. The van der Waals surface area contributed by atoms with E-state index in [0.29, 0.717) is 0 Å². The van der Waals surface area contributed by atoms with Crippen molar-refractivity contribution in [2.75, 3.05) is 0 Å². The maximum atomic E-state index is 12.2. The molecule has 0 saturated carbocycles. The third-order valence-electron chi connectivity index (χ3n) is 0.494. The number of aromatic nitrogens is 2. The first-order valence-electron chi connectivity index (χ1n) is 2.78. The molecule has 0 fully saturated rings. The summed E-state index contributed by atoms with van der Waals surface area (Å²) < 4.78 is 26.0. The van der Waals surface area contributed by atoms with Crippen LogP contribution in [-0.4, -0.2) is 10.2 Å². The average Bonchev–Trinajstić information content (AvgIpc) is 1.93. The molecule has 1 heterocycles. The first-order chi connectivity index (χ1) is 4.63. The Hall–Kier alpha value is -0.700. The number of nitrogens with zero attached hydrogens (tertiary/aromatic N) is 2. The predicted octanol–water partition coefficient (Wildman–Crippen LogP) is 1.27. The van der Waals surface area contributed by atoms with Gasteiger partial charge in [-0.1, -0.05) is 11.6 Å². The van der Waals surface area contributed by atoms with Crippen LogP contribution in [0, 0.1) is 5.95 Å². The number of halogens is 2. The monoisotopic (exact) mass is 134 g/mol. The van der Waals surface area contributed by atoms with Crippen molar-refractivity contribution < 1.29 is 7.13 Å². The second kappa shape index (κ2) is 2.05. The summed E-state index contributed by atoms with van der Waals surface area (Å²) in [6, 6.07) is -1.06. The van der Waals surface area contributed by atoms with E-state index in [9.17, 15) is 4.39 Å². The van der Waals surface area contributed by atoms with Gasteiger partial charge < -0.3 is 0 Å². The lowest BCUT2D eigenvalue weighted by Gasteiger charge is -1.82. The van der Waals surface area contributed by atoms with Crippen molar-refractivity contribution in [3.05, 3.63) is 23.2 Å². The number of hydrogen-bond acceptors (Lipinski definition) is 2. The second-order valence-electron chi connectivity index (χ2n) is 1.03. The van der Waals surface area contributed by atoms with Crippen LogP contribution in [0.4, 0.5) is 4.39 Å². The summed E-state index contributed by atoms with van der Waals surface area (Å²) in [5.74, 6) is -1.07. The van der Waals surface area contributed by atoms with Crippen LogP contribution in [0.5, 0.6) is 0 Å². The molecule has 0 spiro atoms. The van der Waals surface area contributed by atoms with E-state index in [2.05, 4.69) is 10.2 Å². The molecule has 2 nitrogen and oxygen atoms in total. The van der Waals surface area contributed by atoms with E-state index in [4.69, 9.17) is 14.3 Å². The molecular weight excluding hydrogens is 131 g/mol. The Morgan fingerprint density at radius 3 is 3.00 bits per heavy atom. The van der Waals surface area contributed by atoms with Gasteiger partial charge in [-0.05, 0) is 12.1 Å². The van der Waals surface area contributed by atoms with E-state index in [0.717, 1.165) is 0 Å². The Balaban J connectivity index is 3.34. The molecule has 0 radical (unpaired) electrons. The first kappa shape index (κ1) is 3.35. The second-order valence-corrected chi connectivity index (χ2v) is 1.39. The van der Waals surface area contributed by atoms with Crippen LogP contribution in [-0.2, 0) is 0 Å². The zero-order valence-electron chi connectivity index (χ0n) is 5.65. The molecule has 1 aromatic heterocycles. The molecule has 0 aromatic carbocycles. The molecule has 8 heavy (non-hydrogen) atoms. The number of hydrogen-bond donors (Lipinski definition) is 0. The SMILES string of the molecule is [2H]c1c(F)nnc(Cl)c1[2H]. The van der Waals surface area contributed by atoms with Crippen molar-refractivity contribution in [1.82, 2.24) is 10.2 Å². The zero-order chi connectivity index (χ0) is 7.72. The van der Waals surface area contributed by atoms with E-state index in [1.807, 2.05) is 0 Å². The summed E-state index contributed by atoms with van der Waals surface area (Å²) in [7, 11) is 0. The van der Waals surface area contributed by atoms with Crippen LogP contribution < -0.4 is 0 Å². The van der Waals surface area contributed by atoms with Crippen molar-refractivity contribution in [1.29, 1.82) is 0 Å². The minimum atomic E-state index is -1.07. The van der Waals surface area contributed by atoms with Crippen molar-refractivity contribution in [3.63, 3.8) is 0 Å². The molecule has 1 rings (SSSR count). The molecular formula is C4H2ClFN2. The predicted molar refractivity (Wildman–Crippen MR) is 27.0 cm³/mol. The maximum Gasteiger partial charge on any atom is 0.233 e. The van der Waals surface area contributed by atoms with E-state index < -0.39 is 18.0 Å². The molecule has 0 aliphatic heterocycles. The number of rotatable bonds is 0. The molecule has 0 N–H and O–H groups in total. The fraction of sp³-hybridized carbons (Fsp3) is 0. The summed E-state index contributed by atoms with van der Waals surface area (Å²) in [5, 5.41) is 5.70. The first-order valence-corrected chi connectivity index (χ1v) is 2.15.